The summed E-state index contributed by atoms with van der Waals surface area (Å²) in [6.45, 7) is -0.781. The Balaban J connectivity index is 1.88. The molecule has 21 heavy (non-hydrogen) atoms. The number of methoxy groups -OCH3 is 1. The summed E-state index contributed by atoms with van der Waals surface area (Å²) >= 11 is 0. The Labute approximate surface area is 120 Å². The molecule has 1 aromatic rings. The second-order valence-corrected chi connectivity index (χ2v) is 4.77. The molecule has 1 amide bonds. The molecule has 0 aromatic carbocycles. The maximum absolute atomic E-state index is 12.3. The Kier molecular flexibility index (Phi) is 4.66. The zero-order valence-electron chi connectivity index (χ0n) is 11.5. The van der Waals surface area contributed by atoms with Gasteiger partial charge in [-0.05, 0) is 12.5 Å². The van der Waals surface area contributed by atoms with Gasteiger partial charge >= 0.3 is 6.18 Å². The molecule has 0 radical (unpaired) electrons. The topological polar surface area (TPSA) is 54.5 Å². The van der Waals surface area contributed by atoms with E-state index in [0.717, 1.165) is 4.90 Å². The van der Waals surface area contributed by atoms with Gasteiger partial charge in [-0.15, -0.1) is 0 Å². The third kappa shape index (κ3) is 4.32. The van der Waals surface area contributed by atoms with Gasteiger partial charge in [0.1, 0.15) is 6.54 Å². The summed E-state index contributed by atoms with van der Waals surface area (Å²) in [7, 11) is 1.50. The highest BCUT2D eigenvalue weighted by atomic mass is 19.4. The number of hydrogen-bond donors (Lipinski definition) is 1. The van der Waals surface area contributed by atoms with Gasteiger partial charge in [-0.1, -0.05) is 6.07 Å². The van der Waals surface area contributed by atoms with E-state index in [0.29, 0.717) is 24.5 Å². The molecule has 2 heterocycles. The molecule has 1 fully saturated rings. The Bertz CT molecular complexity index is 508. The van der Waals surface area contributed by atoms with Crippen molar-refractivity contribution in [3.63, 3.8) is 0 Å². The summed E-state index contributed by atoms with van der Waals surface area (Å²) in [6, 6.07) is 4.60. The normalized spacial score (nSPS) is 19.1. The van der Waals surface area contributed by atoms with Crippen molar-refractivity contribution in [2.24, 2.45) is 0 Å². The molecule has 0 saturated carbocycles. The number of amides is 1. The molecule has 116 valence electrons. The van der Waals surface area contributed by atoms with Crippen molar-refractivity contribution < 1.29 is 22.7 Å². The highest BCUT2D eigenvalue weighted by Gasteiger charge is 2.38. The second-order valence-electron chi connectivity index (χ2n) is 4.77. The Morgan fingerprint density at radius 1 is 1.48 bits per heavy atom. The summed E-state index contributed by atoms with van der Waals surface area (Å²) < 4.78 is 41.9. The molecule has 0 bridgehead atoms. The summed E-state index contributed by atoms with van der Waals surface area (Å²) in [5.41, 5.74) is 0.663. The number of halogens is 3. The van der Waals surface area contributed by atoms with Gasteiger partial charge in [0.2, 0.25) is 11.8 Å². The van der Waals surface area contributed by atoms with Crippen molar-refractivity contribution in [1.29, 1.82) is 0 Å². The minimum absolute atomic E-state index is 0.113. The van der Waals surface area contributed by atoms with Crippen LogP contribution in [0.2, 0.25) is 0 Å². The fraction of sp³-hybridized carbons (Fsp3) is 0.538. The average molecular weight is 303 g/mol. The predicted octanol–water partition coefficient (Wildman–Crippen LogP) is 1.34. The molecule has 8 heteroatoms. The van der Waals surface area contributed by atoms with Crippen LogP contribution in [0.15, 0.2) is 18.2 Å². The van der Waals surface area contributed by atoms with Gasteiger partial charge in [0.15, 0.2) is 0 Å². The highest BCUT2D eigenvalue weighted by molar-refractivity contribution is 5.84. The van der Waals surface area contributed by atoms with Crippen LogP contribution in [0, 0.1) is 0 Å². The molecule has 1 atom stereocenters. The van der Waals surface area contributed by atoms with E-state index in [2.05, 4.69) is 10.3 Å². The number of pyridine rings is 1. The number of nitrogens with zero attached hydrogens (tertiary/aromatic N) is 2. The molecule has 1 N–H and O–H groups in total. The summed E-state index contributed by atoms with van der Waals surface area (Å²) in [5, 5.41) is 2.94. The van der Waals surface area contributed by atoms with Crippen molar-refractivity contribution in [2.75, 3.05) is 20.2 Å². The monoisotopic (exact) mass is 303 g/mol. The Hall–Kier alpha value is -1.83. The summed E-state index contributed by atoms with van der Waals surface area (Å²) in [4.78, 5) is 16.8. The van der Waals surface area contributed by atoms with Crippen molar-refractivity contribution in [3.8, 4) is 5.88 Å². The minimum atomic E-state index is -4.36. The first-order valence-corrected chi connectivity index (χ1v) is 6.48. The Morgan fingerprint density at radius 3 is 2.90 bits per heavy atom. The first-order valence-electron chi connectivity index (χ1n) is 6.48. The van der Waals surface area contributed by atoms with Gasteiger partial charge in [-0.3, -0.25) is 4.79 Å². The SMILES string of the molecule is COc1cccc(CNC2CCN(CC(F)(F)F)C2=O)n1. The molecule has 2 rings (SSSR count). The number of aromatic nitrogens is 1. The van der Waals surface area contributed by atoms with Crippen LogP contribution in [0.1, 0.15) is 12.1 Å². The van der Waals surface area contributed by atoms with E-state index >= 15 is 0 Å². The number of alkyl halides is 3. The summed E-state index contributed by atoms with van der Waals surface area (Å²) in [5.74, 6) is -0.0685. The van der Waals surface area contributed by atoms with Gasteiger partial charge in [0.25, 0.3) is 0 Å². The third-order valence-electron chi connectivity index (χ3n) is 3.19. The van der Waals surface area contributed by atoms with Gasteiger partial charge in [0.05, 0.1) is 18.8 Å². The lowest BCUT2D eigenvalue weighted by Gasteiger charge is -2.18. The van der Waals surface area contributed by atoms with E-state index in [-0.39, 0.29) is 6.54 Å². The molecule has 0 spiro atoms. The van der Waals surface area contributed by atoms with Crippen molar-refractivity contribution in [3.05, 3.63) is 23.9 Å². The molecule has 0 aliphatic carbocycles. The van der Waals surface area contributed by atoms with E-state index in [1.54, 1.807) is 18.2 Å². The molecular formula is C13H16F3N3O2. The smallest absolute Gasteiger partial charge is 0.406 e. The lowest BCUT2D eigenvalue weighted by atomic mass is 10.2. The van der Waals surface area contributed by atoms with Crippen LogP contribution in [0.3, 0.4) is 0 Å². The molecule has 1 aliphatic heterocycles. The van der Waals surface area contributed by atoms with Crippen LogP contribution in [-0.2, 0) is 11.3 Å². The lowest BCUT2D eigenvalue weighted by molar-refractivity contribution is -0.158. The van der Waals surface area contributed by atoms with E-state index in [9.17, 15) is 18.0 Å². The van der Waals surface area contributed by atoms with Crippen LogP contribution >= 0.6 is 0 Å². The predicted molar refractivity (Wildman–Crippen MR) is 68.7 cm³/mol. The van der Waals surface area contributed by atoms with Gasteiger partial charge in [-0.25, -0.2) is 4.98 Å². The maximum atomic E-state index is 12.3. The van der Waals surface area contributed by atoms with Crippen LogP contribution in [0.25, 0.3) is 0 Å². The van der Waals surface area contributed by atoms with Crippen molar-refractivity contribution in [1.82, 2.24) is 15.2 Å². The highest BCUT2D eigenvalue weighted by Crippen LogP contribution is 2.21. The molecule has 1 aromatic heterocycles. The number of rotatable bonds is 5. The third-order valence-corrected chi connectivity index (χ3v) is 3.19. The van der Waals surface area contributed by atoms with Crippen LogP contribution in [0.5, 0.6) is 5.88 Å². The van der Waals surface area contributed by atoms with Gasteiger partial charge in [0, 0.05) is 19.2 Å². The largest absolute Gasteiger partial charge is 0.481 e. The minimum Gasteiger partial charge on any atom is -0.481 e. The number of nitrogens with one attached hydrogen (secondary N) is 1. The van der Waals surface area contributed by atoms with Gasteiger partial charge < -0.3 is 15.0 Å². The van der Waals surface area contributed by atoms with Crippen LogP contribution in [-0.4, -0.2) is 48.2 Å². The molecule has 5 nitrogen and oxygen atoms in total. The fourth-order valence-corrected chi connectivity index (χ4v) is 2.20. The number of likely N-dealkylation sites (tertiary alicyclic amines) is 1. The zero-order chi connectivity index (χ0) is 15.5. The second kappa shape index (κ2) is 6.30. The zero-order valence-corrected chi connectivity index (χ0v) is 11.5. The molecular weight excluding hydrogens is 287 g/mol. The standard InChI is InChI=1S/C13H16F3N3O2/c1-21-11-4-2-3-9(18-11)7-17-10-5-6-19(12(10)20)8-13(14,15)16/h2-4,10,17H,5-8H2,1H3. The number of hydrogen-bond acceptors (Lipinski definition) is 4. The average Bonchev–Trinajstić information content (AvgIpc) is 2.76. The van der Waals surface area contributed by atoms with E-state index in [1.165, 1.54) is 7.11 Å². The van der Waals surface area contributed by atoms with E-state index in [1.807, 2.05) is 0 Å². The van der Waals surface area contributed by atoms with Crippen LogP contribution in [0.4, 0.5) is 13.2 Å². The number of carbonyl (C=O) groups is 1. The number of carbonyl (C=O) groups excluding carboxylic acids is 1. The quantitative estimate of drug-likeness (QED) is 0.892. The first kappa shape index (κ1) is 15.6. The molecule has 1 aliphatic rings. The van der Waals surface area contributed by atoms with E-state index in [4.69, 9.17) is 4.74 Å². The van der Waals surface area contributed by atoms with Crippen molar-refractivity contribution >= 4 is 5.91 Å². The first-order chi connectivity index (χ1) is 9.89. The van der Waals surface area contributed by atoms with Gasteiger partial charge in [-0.2, -0.15) is 13.2 Å². The lowest BCUT2D eigenvalue weighted by Crippen LogP contribution is -2.41. The molecule has 1 unspecified atom stereocenters. The fourth-order valence-electron chi connectivity index (χ4n) is 2.20. The number of ether oxygens (including phenoxy) is 1. The van der Waals surface area contributed by atoms with Crippen LogP contribution < -0.4 is 10.1 Å². The summed E-state index contributed by atoms with van der Waals surface area (Å²) in [6.07, 6.45) is -4.00. The maximum Gasteiger partial charge on any atom is 0.406 e. The molecule has 1 saturated heterocycles. The Morgan fingerprint density at radius 2 is 2.24 bits per heavy atom. The van der Waals surface area contributed by atoms with E-state index < -0.39 is 24.7 Å². The van der Waals surface area contributed by atoms with Crippen molar-refractivity contribution in [2.45, 2.75) is 25.2 Å².